The van der Waals surface area contributed by atoms with Crippen LogP contribution in [0.25, 0.3) is 10.2 Å². The number of nitrogens with one attached hydrogen (secondary N) is 1. The first kappa shape index (κ1) is 11.6. The monoisotopic (exact) mass is 261 g/mol. The van der Waals surface area contributed by atoms with Crippen LogP contribution in [0.5, 0.6) is 0 Å². The van der Waals surface area contributed by atoms with Gasteiger partial charge in [-0.05, 0) is 37.5 Å². The lowest BCUT2D eigenvalue weighted by Crippen LogP contribution is -2.23. The zero-order valence-electron chi connectivity index (χ0n) is 9.93. The minimum Gasteiger partial charge on any atom is -0.328 e. The van der Waals surface area contributed by atoms with Crippen LogP contribution in [0, 0.1) is 5.92 Å². The molecule has 2 atom stereocenters. The minimum atomic E-state index is 0.0668. The summed E-state index contributed by atoms with van der Waals surface area (Å²) in [5, 5.41) is 2.97. The van der Waals surface area contributed by atoms with Crippen molar-refractivity contribution < 1.29 is 4.79 Å². The van der Waals surface area contributed by atoms with Crippen LogP contribution in [0.1, 0.15) is 19.3 Å². The number of hydrogen-bond donors (Lipinski definition) is 2. The normalized spacial score (nSPS) is 23.4. The predicted molar refractivity (Wildman–Crippen MR) is 73.6 cm³/mol. The molecule has 1 aromatic carbocycles. The van der Waals surface area contributed by atoms with Crippen LogP contribution in [-0.2, 0) is 4.79 Å². The van der Waals surface area contributed by atoms with Crippen LogP contribution in [0.3, 0.4) is 0 Å². The van der Waals surface area contributed by atoms with Crippen molar-refractivity contribution in [2.75, 3.05) is 5.32 Å². The molecule has 0 aliphatic heterocycles. The van der Waals surface area contributed by atoms with Crippen molar-refractivity contribution in [1.29, 1.82) is 0 Å². The largest absolute Gasteiger partial charge is 0.328 e. The molecule has 0 bridgehead atoms. The number of nitrogens with zero attached hydrogens (tertiary/aromatic N) is 1. The maximum absolute atomic E-state index is 12.1. The molecule has 2 aromatic rings. The lowest BCUT2D eigenvalue weighted by Gasteiger charge is -2.10. The first-order valence-electron chi connectivity index (χ1n) is 6.12. The van der Waals surface area contributed by atoms with Gasteiger partial charge >= 0.3 is 0 Å². The Hall–Kier alpha value is -1.46. The number of carbonyl (C=O) groups is 1. The highest BCUT2D eigenvalue weighted by Gasteiger charge is 2.27. The summed E-state index contributed by atoms with van der Waals surface area (Å²) in [6, 6.07) is 5.99. The molecule has 2 unspecified atom stereocenters. The number of carbonyl (C=O) groups excluding carboxylic acids is 1. The second-order valence-corrected chi connectivity index (χ2v) is 5.68. The quantitative estimate of drug-likeness (QED) is 0.872. The first-order chi connectivity index (χ1) is 8.72. The van der Waals surface area contributed by atoms with Crippen molar-refractivity contribution in [2.24, 2.45) is 11.7 Å². The summed E-state index contributed by atoms with van der Waals surface area (Å²) in [7, 11) is 0. The Kier molecular flexibility index (Phi) is 3.01. The van der Waals surface area contributed by atoms with E-state index in [-0.39, 0.29) is 17.9 Å². The van der Waals surface area contributed by atoms with E-state index in [1.807, 2.05) is 23.7 Å². The predicted octanol–water partition coefficient (Wildman–Crippen LogP) is 2.36. The number of fused-ring (bicyclic) bond motifs is 1. The molecule has 1 fully saturated rings. The number of rotatable bonds is 2. The minimum absolute atomic E-state index is 0.0668. The molecule has 1 aliphatic carbocycles. The fourth-order valence-corrected chi connectivity index (χ4v) is 3.15. The van der Waals surface area contributed by atoms with Crippen LogP contribution < -0.4 is 11.1 Å². The average molecular weight is 261 g/mol. The molecule has 18 heavy (non-hydrogen) atoms. The Balaban J connectivity index is 1.73. The summed E-state index contributed by atoms with van der Waals surface area (Å²) in [5.41, 5.74) is 9.46. The Morgan fingerprint density at radius 1 is 1.44 bits per heavy atom. The van der Waals surface area contributed by atoms with Gasteiger partial charge in [0.05, 0.1) is 15.7 Å². The third-order valence-corrected chi connectivity index (χ3v) is 4.23. The maximum Gasteiger partial charge on any atom is 0.227 e. The van der Waals surface area contributed by atoms with E-state index in [0.717, 1.165) is 35.2 Å². The molecular formula is C13H15N3OS. The van der Waals surface area contributed by atoms with Gasteiger partial charge in [0.1, 0.15) is 0 Å². The zero-order valence-corrected chi connectivity index (χ0v) is 10.7. The standard InChI is InChI=1S/C13H15N3OS/c14-9-2-1-8(5-9)13(17)16-10-3-4-11-12(6-10)18-7-15-11/h3-4,6-9H,1-2,5,14H2,(H,16,17). The summed E-state index contributed by atoms with van der Waals surface area (Å²) >= 11 is 1.58. The fourth-order valence-electron chi connectivity index (χ4n) is 2.43. The summed E-state index contributed by atoms with van der Waals surface area (Å²) in [5.74, 6) is 0.156. The summed E-state index contributed by atoms with van der Waals surface area (Å²) < 4.78 is 1.09. The molecule has 0 saturated heterocycles. The molecule has 3 N–H and O–H groups in total. The first-order valence-corrected chi connectivity index (χ1v) is 7.00. The number of aromatic nitrogens is 1. The van der Waals surface area contributed by atoms with Crippen LogP contribution >= 0.6 is 11.3 Å². The molecule has 1 aromatic heterocycles. The Bertz CT molecular complexity index is 580. The zero-order chi connectivity index (χ0) is 12.5. The Morgan fingerprint density at radius 2 is 2.33 bits per heavy atom. The third-order valence-electron chi connectivity index (χ3n) is 3.44. The smallest absolute Gasteiger partial charge is 0.227 e. The van der Waals surface area contributed by atoms with Crippen molar-refractivity contribution in [2.45, 2.75) is 25.3 Å². The number of anilines is 1. The second-order valence-electron chi connectivity index (χ2n) is 4.79. The van der Waals surface area contributed by atoms with E-state index in [2.05, 4.69) is 10.3 Å². The highest BCUT2D eigenvalue weighted by Crippen LogP contribution is 2.27. The lowest BCUT2D eigenvalue weighted by atomic mass is 10.1. The van der Waals surface area contributed by atoms with Crippen molar-refractivity contribution in [1.82, 2.24) is 4.98 Å². The van der Waals surface area contributed by atoms with Crippen LogP contribution in [0.15, 0.2) is 23.7 Å². The van der Waals surface area contributed by atoms with E-state index in [1.54, 1.807) is 11.3 Å². The molecule has 1 aliphatic rings. The van der Waals surface area contributed by atoms with E-state index in [9.17, 15) is 4.79 Å². The second kappa shape index (κ2) is 4.66. The van der Waals surface area contributed by atoms with Crippen molar-refractivity contribution in [3.05, 3.63) is 23.7 Å². The van der Waals surface area contributed by atoms with Crippen LogP contribution in [0.2, 0.25) is 0 Å². The highest BCUT2D eigenvalue weighted by atomic mass is 32.1. The van der Waals surface area contributed by atoms with E-state index in [0.29, 0.717) is 0 Å². The number of hydrogen-bond acceptors (Lipinski definition) is 4. The summed E-state index contributed by atoms with van der Waals surface area (Å²) in [4.78, 5) is 16.3. The Morgan fingerprint density at radius 3 is 3.11 bits per heavy atom. The van der Waals surface area contributed by atoms with Gasteiger partial charge in [0.2, 0.25) is 5.91 Å². The van der Waals surface area contributed by atoms with Crippen LogP contribution in [0.4, 0.5) is 5.69 Å². The molecule has 1 saturated carbocycles. The molecule has 94 valence electrons. The van der Waals surface area contributed by atoms with E-state index < -0.39 is 0 Å². The topological polar surface area (TPSA) is 68.0 Å². The molecule has 0 spiro atoms. The molecule has 4 nitrogen and oxygen atoms in total. The molecular weight excluding hydrogens is 246 g/mol. The fraction of sp³-hybridized carbons (Fsp3) is 0.385. The number of amides is 1. The van der Waals surface area contributed by atoms with Gasteiger partial charge in [-0.1, -0.05) is 0 Å². The van der Waals surface area contributed by atoms with E-state index in [1.165, 1.54) is 0 Å². The van der Waals surface area contributed by atoms with Crippen molar-refractivity contribution >= 4 is 33.1 Å². The summed E-state index contributed by atoms with van der Waals surface area (Å²) in [6.45, 7) is 0. The van der Waals surface area contributed by atoms with Gasteiger partial charge in [-0.25, -0.2) is 4.98 Å². The number of nitrogens with two attached hydrogens (primary N) is 1. The number of benzene rings is 1. The van der Waals surface area contributed by atoms with Crippen molar-refractivity contribution in [3.8, 4) is 0 Å². The molecule has 1 amide bonds. The van der Waals surface area contributed by atoms with Gasteiger partial charge in [0, 0.05) is 17.6 Å². The molecule has 1 heterocycles. The van der Waals surface area contributed by atoms with Gasteiger partial charge in [0.15, 0.2) is 0 Å². The maximum atomic E-state index is 12.1. The molecule has 0 radical (unpaired) electrons. The van der Waals surface area contributed by atoms with Gasteiger partial charge in [-0.3, -0.25) is 4.79 Å². The lowest BCUT2D eigenvalue weighted by molar-refractivity contribution is -0.119. The summed E-state index contributed by atoms with van der Waals surface area (Å²) in [6.07, 6.45) is 2.65. The van der Waals surface area contributed by atoms with Crippen LogP contribution in [-0.4, -0.2) is 16.9 Å². The number of thiazole rings is 1. The van der Waals surface area contributed by atoms with Gasteiger partial charge in [-0.15, -0.1) is 11.3 Å². The highest BCUT2D eigenvalue weighted by molar-refractivity contribution is 7.16. The van der Waals surface area contributed by atoms with Gasteiger partial charge < -0.3 is 11.1 Å². The third kappa shape index (κ3) is 2.23. The molecule has 5 heteroatoms. The van der Waals surface area contributed by atoms with E-state index in [4.69, 9.17) is 5.73 Å². The van der Waals surface area contributed by atoms with Gasteiger partial charge in [0.25, 0.3) is 0 Å². The van der Waals surface area contributed by atoms with E-state index >= 15 is 0 Å². The van der Waals surface area contributed by atoms with Crippen molar-refractivity contribution in [3.63, 3.8) is 0 Å². The average Bonchev–Trinajstić information content (AvgIpc) is 2.96. The van der Waals surface area contributed by atoms with Gasteiger partial charge in [-0.2, -0.15) is 0 Å². The Labute approximate surface area is 109 Å². The SMILES string of the molecule is NC1CCC(C(=O)Nc2ccc3ncsc3c2)C1. The molecule has 3 rings (SSSR count).